The van der Waals surface area contributed by atoms with Crippen LogP contribution in [0.15, 0.2) is 18.2 Å². The Kier molecular flexibility index (Phi) is 3.21. The van der Waals surface area contributed by atoms with Crippen LogP contribution in [0, 0.1) is 13.8 Å². The monoisotopic (exact) mass is 258 g/mol. The number of benzene rings is 1. The van der Waals surface area contributed by atoms with Gasteiger partial charge >= 0.3 is 5.97 Å². The van der Waals surface area contributed by atoms with Crippen LogP contribution in [-0.2, 0) is 4.79 Å². The van der Waals surface area contributed by atoms with Gasteiger partial charge in [0.05, 0.1) is 11.2 Å². The Hall–Kier alpha value is -2.43. The Bertz CT molecular complexity index is 693. The third-order valence-corrected chi connectivity index (χ3v) is 2.78. The molecule has 5 nitrogen and oxygen atoms in total. The van der Waals surface area contributed by atoms with Crippen LogP contribution in [0.1, 0.15) is 28.5 Å². The molecule has 0 radical (unpaired) electrons. The minimum atomic E-state index is -1.12. The van der Waals surface area contributed by atoms with Gasteiger partial charge in [0, 0.05) is 12.3 Å². The molecule has 0 fully saturated rings. The number of nitrogens with one attached hydrogen (secondary N) is 1. The summed E-state index contributed by atoms with van der Waals surface area (Å²) in [5, 5.41) is 12.5. The predicted molar refractivity (Wildman–Crippen MR) is 72.5 cm³/mol. The largest absolute Gasteiger partial charge is 0.477 e. The summed E-state index contributed by atoms with van der Waals surface area (Å²) >= 11 is 0. The fourth-order valence-corrected chi connectivity index (χ4v) is 2.08. The van der Waals surface area contributed by atoms with Crippen LogP contribution in [0.25, 0.3) is 10.9 Å². The molecule has 0 bridgehead atoms. The van der Waals surface area contributed by atoms with Gasteiger partial charge in [-0.05, 0) is 31.5 Å². The lowest BCUT2D eigenvalue weighted by molar-refractivity contribution is -0.114. The van der Waals surface area contributed by atoms with Crippen molar-refractivity contribution < 1.29 is 14.7 Å². The number of anilines is 1. The lowest BCUT2D eigenvalue weighted by atomic mass is 10.0. The number of carboxylic acids is 1. The molecule has 0 saturated carbocycles. The molecule has 0 aliphatic rings. The normalized spacial score (nSPS) is 10.5. The number of aromatic nitrogens is 1. The lowest BCUT2D eigenvalue weighted by Crippen LogP contribution is -2.09. The fraction of sp³-hybridized carbons (Fsp3) is 0.214. The van der Waals surface area contributed by atoms with Gasteiger partial charge in [-0.3, -0.25) is 4.79 Å². The van der Waals surface area contributed by atoms with Crippen LogP contribution in [0.5, 0.6) is 0 Å². The molecule has 0 unspecified atom stereocenters. The summed E-state index contributed by atoms with van der Waals surface area (Å²) in [5.41, 5.74) is 2.89. The van der Waals surface area contributed by atoms with Gasteiger partial charge in [0.1, 0.15) is 0 Å². The van der Waals surface area contributed by atoms with Gasteiger partial charge in [-0.15, -0.1) is 0 Å². The SMILES string of the molecule is CC(=O)Nc1cc(C(=O)O)nc2c(C)cc(C)cc12. The van der Waals surface area contributed by atoms with E-state index < -0.39 is 5.97 Å². The highest BCUT2D eigenvalue weighted by Gasteiger charge is 2.13. The van der Waals surface area contributed by atoms with E-state index in [1.807, 2.05) is 26.0 Å². The van der Waals surface area contributed by atoms with E-state index in [1.165, 1.54) is 13.0 Å². The van der Waals surface area contributed by atoms with Crippen molar-refractivity contribution >= 4 is 28.5 Å². The van der Waals surface area contributed by atoms with Gasteiger partial charge in [-0.1, -0.05) is 11.6 Å². The molecule has 5 heteroatoms. The molecule has 1 aromatic heterocycles. The third kappa shape index (κ3) is 2.54. The highest BCUT2D eigenvalue weighted by molar-refractivity contribution is 6.03. The maximum Gasteiger partial charge on any atom is 0.354 e. The molecule has 2 rings (SSSR count). The number of pyridine rings is 1. The van der Waals surface area contributed by atoms with Crippen LogP contribution in [-0.4, -0.2) is 22.0 Å². The van der Waals surface area contributed by atoms with Crippen molar-refractivity contribution in [3.05, 3.63) is 35.0 Å². The van der Waals surface area contributed by atoms with Crippen molar-refractivity contribution in [2.24, 2.45) is 0 Å². The molecule has 0 aliphatic carbocycles. The molecule has 19 heavy (non-hydrogen) atoms. The van der Waals surface area contributed by atoms with Crippen LogP contribution in [0.3, 0.4) is 0 Å². The van der Waals surface area contributed by atoms with Crippen molar-refractivity contribution in [3.8, 4) is 0 Å². The summed E-state index contributed by atoms with van der Waals surface area (Å²) in [7, 11) is 0. The lowest BCUT2D eigenvalue weighted by Gasteiger charge is -2.11. The van der Waals surface area contributed by atoms with Gasteiger partial charge in [0.15, 0.2) is 5.69 Å². The smallest absolute Gasteiger partial charge is 0.354 e. The second kappa shape index (κ2) is 4.68. The van der Waals surface area contributed by atoms with Crippen LogP contribution in [0.4, 0.5) is 5.69 Å². The molecule has 1 heterocycles. The number of amides is 1. The predicted octanol–water partition coefficient (Wildman–Crippen LogP) is 2.51. The number of nitrogens with zero attached hydrogens (tertiary/aromatic N) is 1. The van der Waals surface area contributed by atoms with E-state index in [1.54, 1.807) is 0 Å². The summed E-state index contributed by atoms with van der Waals surface area (Å²) in [6.07, 6.45) is 0. The number of carbonyl (C=O) groups excluding carboxylic acids is 1. The number of carboxylic acid groups (broad SMARTS) is 1. The zero-order valence-electron chi connectivity index (χ0n) is 10.9. The molecule has 0 saturated heterocycles. The van der Waals surface area contributed by atoms with Crippen molar-refractivity contribution in [1.82, 2.24) is 4.98 Å². The van der Waals surface area contributed by atoms with E-state index in [4.69, 9.17) is 5.11 Å². The van der Waals surface area contributed by atoms with Crippen LogP contribution in [0.2, 0.25) is 0 Å². The molecule has 98 valence electrons. The highest BCUT2D eigenvalue weighted by atomic mass is 16.4. The van der Waals surface area contributed by atoms with Gasteiger partial charge in [-0.25, -0.2) is 9.78 Å². The molecule has 2 N–H and O–H groups in total. The highest BCUT2D eigenvalue weighted by Crippen LogP contribution is 2.27. The van der Waals surface area contributed by atoms with Gasteiger partial charge in [0.2, 0.25) is 5.91 Å². The number of hydrogen-bond donors (Lipinski definition) is 2. The Morgan fingerprint density at radius 3 is 2.47 bits per heavy atom. The van der Waals surface area contributed by atoms with Gasteiger partial charge in [0.25, 0.3) is 0 Å². The first-order valence-corrected chi connectivity index (χ1v) is 5.81. The molecular weight excluding hydrogens is 244 g/mol. The number of hydrogen-bond acceptors (Lipinski definition) is 3. The molecule has 0 atom stereocenters. The summed E-state index contributed by atoms with van der Waals surface area (Å²) in [6.45, 7) is 5.19. The second-order valence-corrected chi connectivity index (χ2v) is 4.52. The average molecular weight is 258 g/mol. The first kappa shape index (κ1) is 13.0. The summed E-state index contributed by atoms with van der Waals surface area (Å²) in [4.78, 5) is 26.4. The molecule has 2 aromatic rings. The molecular formula is C14H14N2O3. The molecule has 1 amide bonds. The summed E-state index contributed by atoms with van der Waals surface area (Å²) in [5.74, 6) is -1.36. The van der Waals surface area contributed by atoms with Crippen LogP contribution < -0.4 is 5.32 Å². The first-order chi connectivity index (χ1) is 8.88. The molecule has 0 spiro atoms. The maximum atomic E-state index is 11.2. The van der Waals surface area contributed by atoms with E-state index >= 15 is 0 Å². The van der Waals surface area contributed by atoms with Crippen molar-refractivity contribution in [3.63, 3.8) is 0 Å². The molecule has 1 aromatic carbocycles. The molecule has 0 aliphatic heterocycles. The number of rotatable bonds is 2. The second-order valence-electron chi connectivity index (χ2n) is 4.52. The Labute approximate surface area is 110 Å². The zero-order chi connectivity index (χ0) is 14.2. The number of aromatic carboxylic acids is 1. The van der Waals surface area contributed by atoms with Gasteiger partial charge in [-0.2, -0.15) is 0 Å². The Morgan fingerprint density at radius 1 is 1.21 bits per heavy atom. The minimum Gasteiger partial charge on any atom is -0.477 e. The van der Waals surface area contributed by atoms with E-state index in [-0.39, 0.29) is 11.6 Å². The quantitative estimate of drug-likeness (QED) is 0.867. The number of aryl methyl sites for hydroxylation is 2. The van der Waals surface area contributed by atoms with Crippen molar-refractivity contribution in [2.75, 3.05) is 5.32 Å². The minimum absolute atomic E-state index is 0.0804. The maximum absolute atomic E-state index is 11.2. The van der Waals surface area contributed by atoms with Crippen LogP contribution >= 0.6 is 0 Å². The van der Waals surface area contributed by atoms with E-state index in [2.05, 4.69) is 10.3 Å². The Morgan fingerprint density at radius 2 is 1.89 bits per heavy atom. The first-order valence-electron chi connectivity index (χ1n) is 5.81. The van der Waals surface area contributed by atoms with E-state index in [0.717, 1.165) is 16.5 Å². The Balaban J connectivity index is 2.81. The summed E-state index contributed by atoms with van der Waals surface area (Å²) in [6, 6.07) is 5.19. The number of fused-ring (bicyclic) bond motifs is 1. The summed E-state index contributed by atoms with van der Waals surface area (Å²) < 4.78 is 0. The van der Waals surface area contributed by atoms with Gasteiger partial charge < -0.3 is 10.4 Å². The fourth-order valence-electron chi connectivity index (χ4n) is 2.08. The average Bonchev–Trinajstić information content (AvgIpc) is 2.28. The topological polar surface area (TPSA) is 79.3 Å². The van der Waals surface area contributed by atoms with Crippen molar-refractivity contribution in [1.29, 1.82) is 0 Å². The standard InChI is InChI=1S/C14H14N2O3/c1-7-4-8(2)13-10(5-7)11(15-9(3)17)6-12(16-13)14(18)19/h4-6H,1-3H3,(H,18,19)(H,15,16,17). The zero-order valence-corrected chi connectivity index (χ0v) is 10.9. The van der Waals surface area contributed by atoms with E-state index in [9.17, 15) is 9.59 Å². The number of carbonyl (C=O) groups is 2. The van der Waals surface area contributed by atoms with Crippen molar-refractivity contribution in [2.45, 2.75) is 20.8 Å². The van der Waals surface area contributed by atoms with E-state index in [0.29, 0.717) is 11.2 Å². The third-order valence-electron chi connectivity index (χ3n) is 2.78.